The van der Waals surface area contributed by atoms with Gasteiger partial charge in [0.25, 0.3) is 5.89 Å². The first-order valence-corrected chi connectivity index (χ1v) is 5.92. The van der Waals surface area contributed by atoms with Crippen LogP contribution in [-0.4, -0.2) is 15.1 Å². The molecule has 0 aliphatic heterocycles. The Morgan fingerprint density at radius 3 is 2.50 bits per heavy atom. The third kappa shape index (κ3) is 2.00. The van der Waals surface area contributed by atoms with E-state index in [1.807, 2.05) is 12.1 Å². The van der Waals surface area contributed by atoms with Crippen molar-refractivity contribution in [1.29, 1.82) is 0 Å². The van der Waals surface area contributed by atoms with Crippen LogP contribution in [0.15, 0.2) is 41.1 Å². The molecule has 18 heavy (non-hydrogen) atoms. The number of benzene rings is 1. The Balaban J connectivity index is 1.99. The molecule has 0 saturated heterocycles. The molecular formula is C12H7Cl2N3O. The number of nitrogens with zero attached hydrogens (tertiary/aromatic N) is 2. The van der Waals surface area contributed by atoms with E-state index >= 15 is 0 Å². The number of hydrogen-bond acceptors (Lipinski definition) is 3. The smallest absolute Gasteiger partial charge is 0.276 e. The van der Waals surface area contributed by atoms with Gasteiger partial charge in [0.05, 0.1) is 5.02 Å². The molecule has 3 aromatic rings. The highest BCUT2D eigenvalue weighted by Crippen LogP contribution is 2.27. The Labute approximate surface area is 113 Å². The molecule has 2 heterocycles. The van der Waals surface area contributed by atoms with Crippen molar-refractivity contribution < 1.29 is 4.52 Å². The fourth-order valence-electron chi connectivity index (χ4n) is 1.56. The number of hydrogen-bond donors (Lipinski definition) is 1. The van der Waals surface area contributed by atoms with E-state index in [0.717, 1.165) is 5.56 Å². The summed E-state index contributed by atoms with van der Waals surface area (Å²) in [5.41, 5.74) is 1.45. The summed E-state index contributed by atoms with van der Waals surface area (Å²) in [4.78, 5) is 7.22. The summed E-state index contributed by atoms with van der Waals surface area (Å²) in [5, 5.41) is 5.11. The number of halogens is 2. The second-order valence-electron chi connectivity index (χ2n) is 3.63. The number of nitrogens with one attached hydrogen (secondary N) is 1. The van der Waals surface area contributed by atoms with Crippen LogP contribution >= 0.6 is 23.2 Å². The zero-order chi connectivity index (χ0) is 12.5. The van der Waals surface area contributed by atoms with E-state index in [0.29, 0.717) is 27.5 Å². The molecule has 4 nitrogen and oxygen atoms in total. The van der Waals surface area contributed by atoms with E-state index in [2.05, 4.69) is 15.1 Å². The van der Waals surface area contributed by atoms with Gasteiger partial charge in [0.2, 0.25) is 5.82 Å². The van der Waals surface area contributed by atoms with Gasteiger partial charge in [-0.1, -0.05) is 28.4 Å². The molecular weight excluding hydrogens is 273 g/mol. The van der Waals surface area contributed by atoms with Crippen molar-refractivity contribution in [2.75, 3.05) is 0 Å². The highest BCUT2D eigenvalue weighted by Gasteiger charge is 2.13. The van der Waals surface area contributed by atoms with Crippen molar-refractivity contribution in [3.63, 3.8) is 0 Å². The zero-order valence-electron chi connectivity index (χ0n) is 9.02. The van der Waals surface area contributed by atoms with E-state index in [4.69, 9.17) is 27.7 Å². The molecule has 0 aliphatic rings. The Morgan fingerprint density at radius 2 is 1.83 bits per heavy atom. The van der Waals surface area contributed by atoms with Crippen LogP contribution in [0.25, 0.3) is 23.0 Å². The SMILES string of the molecule is Clc1ccc(-c2noc(-c3[nH]ccc3Cl)n2)cc1. The topological polar surface area (TPSA) is 54.7 Å². The van der Waals surface area contributed by atoms with Crippen LogP contribution in [0.5, 0.6) is 0 Å². The predicted octanol–water partition coefficient (Wildman–Crippen LogP) is 4.04. The molecule has 0 aliphatic carbocycles. The van der Waals surface area contributed by atoms with Gasteiger partial charge >= 0.3 is 0 Å². The fraction of sp³-hybridized carbons (Fsp3) is 0. The number of aromatic nitrogens is 3. The van der Waals surface area contributed by atoms with Crippen molar-refractivity contribution in [1.82, 2.24) is 15.1 Å². The molecule has 0 bridgehead atoms. The highest BCUT2D eigenvalue weighted by atomic mass is 35.5. The van der Waals surface area contributed by atoms with Crippen LogP contribution < -0.4 is 0 Å². The molecule has 0 amide bonds. The summed E-state index contributed by atoms with van der Waals surface area (Å²) in [6.07, 6.45) is 1.71. The monoisotopic (exact) mass is 279 g/mol. The molecule has 0 spiro atoms. The predicted molar refractivity (Wildman–Crippen MR) is 69.5 cm³/mol. The normalized spacial score (nSPS) is 10.8. The maximum Gasteiger partial charge on any atom is 0.276 e. The maximum absolute atomic E-state index is 5.97. The molecule has 1 N–H and O–H groups in total. The minimum Gasteiger partial charge on any atom is -0.356 e. The van der Waals surface area contributed by atoms with Gasteiger partial charge in [0, 0.05) is 16.8 Å². The van der Waals surface area contributed by atoms with Crippen molar-refractivity contribution in [3.8, 4) is 23.0 Å². The maximum atomic E-state index is 5.97. The van der Waals surface area contributed by atoms with E-state index in [1.54, 1.807) is 24.4 Å². The van der Waals surface area contributed by atoms with Gasteiger partial charge in [0.15, 0.2) is 0 Å². The first-order valence-electron chi connectivity index (χ1n) is 5.17. The fourth-order valence-corrected chi connectivity index (χ4v) is 1.88. The van der Waals surface area contributed by atoms with Crippen LogP contribution in [0.2, 0.25) is 10.0 Å². The zero-order valence-corrected chi connectivity index (χ0v) is 10.5. The summed E-state index contributed by atoms with van der Waals surface area (Å²) < 4.78 is 5.16. The number of rotatable bonds is 2. The summed E-state index contributed by atoms with van der Waals surface area (Å²) >= 11 is 11.8. The second kappa shape index (κ2) is 4.48. The van der Waals surface area contributed by atoms with Crippen LogP contribution in [0.1, 0.15) is 0 Å². The van der Waals surface area contributed by atoms with E-state index in [-0.39, 0.29) is 0 Å². The molecule has 0 fully saturated rings. The molecule has 0 unspecified atom stereocenters. The lowest BCUT2D eigenvalue weighted by Crippen LogP contribution is -1.81. The van der Waals surface area contributed by atoms with Gasteiger partial charge in [-0.15, -0.1) is 0 Å². The van der Waals surface area contributed by atoms with Gasteiger partial charge in [-0.25, -0.2) is 0 Å². The Morgan fingerprint density at radius 1 is 1.06 bits per heavy atom. The summed E-state index contributed by atoms with van der Waals surface area (Å²) in [7, 11) is 0. The van der Waals surface area contributed by atoms with Gasteiger partial charge in [-0.05, 0) is 30.3 Å². The first-order chi connectivity index (χ1) is 8.74. The standard InChI is InChI=1S/C12H7Cl2N3O/c13-8-3-1-7(2-4-8)11-16-12(18-17-11)10-9(14)5-6-15-10/h1-6,15H. The molecule has 0 atom stereocenters. The van der Waals surface area contributed by atoms with E-state index < -0.39 is 0 Å². The minimum atomic E-state index is 0.356. The highest BCUT2D eigenvalue weighted by molar-refractivity contribution is 6.33. The summed E-state index contributed by atoms with van der Waals surface area (Å²) in [6, 6.07) is 8.92. The molecule has 2 aromatic heterocycles. The average Bonchev–Trinajstić information content (AvgIpc) is 2.98. The van der Waals surface area contributed by atoms with Gasteiger partial charge in [-0.3, -0.25) is 0 Å². The van der Waals surface area contributed by atoms with Crippen LogP contribution in [0.3, 0.4) is 0 Å². The lowest BCUT2D eigenvalue weighted by atomic mass is 10.2. The van der Waals surface area contributed by atoms with Crippen molar-refractivity contribution >= 4 is 23.2 Å². The average molecular weight is 280 g/mol. The molecule has 0 saturated carbocycles. The molecule has 1 aromatic carbocycles. The quantitative estimate of drug-likeness (QED) is 0.770. The number of aromatic amines is 1. The van der Waals surface area contributed by atoms with Crippen molar-refractivity contribution in [2.24, 2.45) is 0 Å². The Hall–Kier alpha value is -1.78. The van der Waals surface area contributed by atoms with E-state index in [1.165, 1.54) is 0 Å². The Kier molecular flexibility index (Phi) is 2.81. The van der Waals surface area contributed by atoms with Crippen LogP contribution in [0.4, 0.5) is 0 Å². The van der Waals surface area contributed by atoms with Crippen molar-refractivity contribution in [3.05, 3.63) is 46.6 Å². The Bertz CT molecular complexity index is 673. The third-order valence-electron chi connectivity index (χ3n) is 2.44. The van der Waals surface area contributed by atoms with Gasteiger partial charge in [0.1, 0.15) is 5.69 Å². The largest absolute Gasteiger partial charge is 0.356 e. The lowest BCUT2D eigenvalue weighted by molar-refractivity contribution is 0.431. The first kappa shape index (κ1) is 11.3. The second-order valence-corrected chi connectivity index (χ2v) is 4.47. The van der Waals surface area contributed by atoms with Crippen LogP contribution in [-0.2, 0) is 0 Å². The molecule has 0 radical (unpaired) electrons. The molecule has 3 rings (SSSR count). The summed E-state index contributed by atoms with van der Waals surface area (Å²) in [6.45, 7) is 0. The van der Waals surface area contributed by atoms with Crippen molar-refractivity contribution in [2.45, 2.75) is 0 Å². The third-order valence-corrected chi connectivity index (χ3v) is 3.01. The number of H-pyrrole nitrogens is 1. The molecule has 90 valence electrons. The minimum absolute atomic E-state index is 0.356. The van der Waals surface area contributed by atoms with Gasteiger partial charge in [-0.2, -0.15) is 4.98 Å². The van der Waals surface area contributed by atoms with Crippen LogP contribution in [0, 0.1) is 0 Å². The van der Waals surface area contributed by atoms with Gasteiger partial charge < -0.3 is 9.51 Å². The lowest BCUT2D eigenvalue weighted by Gasteiger charge is -1.93. The molecule has 6 heteroatoms. The summed E-state index contributed by atoms with van der Waals surface area (Å²) in [5.74, 6) is 0.849. The van der Waals surface area contributed by atoms with E-state index in [9.17, 15) is 0 Å².